The average molecular weight is 306 g/mol. The van der Waals surface area contributed by atoms with Crippen LogP contribution in [0.3, 0.4) is 0 Å². The fraction of sp³-hybridized carbons (Fsp3) is 0.667. The fourth-order valence-electron chi connectivity index (χ4n) is 2.84. The lowest BCUT2D eigenvalue weighted by atomic mass is 10.1. The second-order valence-electron chi connectivity index (χ2n) is 5.66. The first kappa shape index (κ1) is 17.1. The summed E-state index contributed by atoms with van der Waals surface area (Å²) in [5, 5.41) is 3.47. The predicted molar refractivity (Wildman–Crippen MR) is 91.9 cm³/mol. The second kappa shape index (κ2) is 9.70. The topological polar surface area (TPSA) is 33.7 Å². The lowest BCUT2D eigenvalue weighted by Gasteiger charge is -2.22. The SMILES string of the molecule is CCOCCCNCc1ccc(N2CCCC2)c(OCC)c1. The molecule has 0 atom stereocenters. The largest absolute Gasteiger partial charge is 0.492 e. The Morgan fingerprint density at radius 1 is 1.14 bits per heavy atom. The van der Waals surface area contributed by atoms with Gasteiger partial charge in [0, 0.05) is 32.8 Å². The van der Waals surface area contributed by atoms with Gasteiger partial charge in [-0.25, -0.2) is 0 Å². The summed E-state index contributed by atoms with van der Waals surface area (Å²) in [7, 11) is 0. The zero-order chi connectivity index (χ0) is 15.6. The molecular weight excluding hydrogens is 276 g/mol. The van der Waals surface area contributed by atoms with Gasteiger partial charge in [0.1, 0.15) is 5.75 Å². The van der Waals surface area contributed by atoms with Gasteiger partial charge in [-0.15, -0.1) is 0 Å². The van der Waals surface area contributed by atoms with E-state index >= 15 is 0 Å². The zero-order valence-corrected chi connectivity index (χ0v) is 14.1. The van der Waals surface area contributed by atoms with Crippen molar-refractivity contribution in [2.24, 2.45) is 0 Å². The lowest BCUT2D eigenvalue weighted by molar-refractivity contribution is 0.144. The maximum atomic E-state index is 5.86. The Labute approximate surface area is 134 Å². The van der Waals surface area contributed by atoms with Crippen molar-refractivity contribution in [1.82, 2.24) is 5.32 Å². The third kappa shape index (κ3) is 5.18. The summed E-state index contributed by atoms with van der Waals surface area (Å²) in [6, 6.07) is 6.62. The minimum Gasteiger partial charge on any atom is -0.492 e. The van der Waals surface area contributed by atoms with E-state index < -0.39 is 0 Å². The Kier molecular flexibility index (Phi) is 7.54. The van der Waals surface area contributed by atoms with Gasteiger partial charge in [-0.1, -0.05) is 6.07 Å². The molecule has 4 heteroatoms. The van der Waals surface area contributed by atoms with Gasteiger partial charge < -0.3 is 19.7 Å². The summed E-state index contributed by atoms with van der Waals surface area (Å²) < 4.78 is 11.2. The van der Waals surface area contributed by atoms with Gasteiger partial charge in [-0.2, -0.15) is 0 Å². The van der Waals surface area contributed by atoms with E-state index in [1.54, 1.807) is 0 Å². The fourth-order valence-corrected chi connectivity index (χ4v) is 2.84. The third-order valence-corrected chi connectivity index (χ3v) is 3.95. The van der Waals surface area contributed by atoms with Crippen molar-refractivity contribution in [3.63, 3.8) is 0 Å². The van der Waals surface area contributed by atoms with Crippen molar-refractivity contribution in [3.8, 4) is 5.75 Å². The minimum absolute atomic E-state index is 0.714. The quantitative estimate of drug-likeness (QED) is 0.673. The van der Waals surface area contributed by atoms with Crippen LogP contribution in [0.1, 0.15) is 38.7 Å². The Balaban J connectivity index is 1.87. The molecule has 0 bridgehead atoms. The highest BCUT2D eigenvalue weighted by atomic mass is 16.5. The standard InChI is InChI=1S/C18H30N2O2/c1-3-21-13-7-10-19-15-16-8-9-17(18(14-16)22-4-2)20-11-5-6-12-20/h8-9,14,19H,3-7,10-13,15H2,1-2H3. The normalized spacial score (nSPS) is 14.5. The number of anilines is 1. The van der Waals surface area contributed by atoms with E-state index in [1.165, 1.54) is 24.1 Å². The molecule has 1 fully saturated rings. The number of ether oxygens (including phenoxy) is 2. The highest BCUT2D eigenvalue weighted by molar-refractivity contribution is 5.60. The summed E-state index contributed by atoms with van der Waals surface area (Å²) >= 11 is 0. The number of benzene rings is 1. The molecule has 0 unspecified atom stereocenters. The van der Waals surface area contributed by atoms with Gasteiger partial charge in [0.2, 0.25) is 0 Å². The first-order valence-electron chi connectivity index (χ1n) is 8.64. The van der Waals surface area contributed by atoms with Gasteiger partial charge in [0.15, 0.2) is 0 Å². The van der Waals surface area contributed by atoms with Crippen LogP contribution in [-0.4, -0.2) is 39.5 Å². The Morgan fingerprint density at radius 3 is 2.68 bits per heavy atom. The van der Waals surface area contributed by atoms with Crippen molar-refractivity contribution >= 4 is 5.69 Å². The van der Waals surface area contributed by atoms with Crippen molar-refractivity contribution in [2.75, 3.05) is 44.4 Å². The van der Waals surface area contributed by atoms with Crippen molar-refractivity contribution < 1.29 is 9.47 Å². The molecule has 0 spiro atoms. The predicted octanol–water partition coefficient (Wildman–Crippen LogP) is 3.20. The second-order valence-corrected chi connectivity index (χ2v) is 5.66. The van der Waals surface area contributed by atoms with Crippen LogP contribution in [0.2, 0.25) is 0 Å². The number of hydrogen-bond donors (Lipinski definition) is 1. The molecule has 1 aromatic carbocycles. The maximum absolute atomic E-state index is 5.86. The summed E-state index contributed by atoms with van der Waals surface area (Å²) in [5.74, 6) is 1.03. The zero-order valence-electron chi connectivity index (χ0n) is 14.1. The molecule has 1 aliphatic rings. The van der Waals surface area contributed by atoms with Crippen LogP contribution in [0.5, 0.6) is 5.75 Å². The smallest absolute Gasteiger partial charge is 0.142 e. The van der Waals surface area contributed by atoms with Crippen LogP contribution in [-0.2, 0) is 11.3 Å². The van der Waals surface area contributed by atoms with Crippen LogP contribution in [0.4, 0.5) is 5.69 Å². The van der Waals surface area contributed by atoms with Crippen LogP contribution < -0.4 is 15.0 Å². The molecule has 1 saturated heterocycles. The van der Waals surface area contributed by atoms with Crippen molar-refractivity contribution in [3.05, 3.63) is 23.8 Å². The van der Waals surface area contributed by atoms with Gasteiger partial charge >= 0.3 is 0 Å². The monoisotopic (exact) mass is 306 g/mol. The third-order valence-electron chi connectivity index (χ3n) is 3.95. The van der Waals surface area contributed by atoms with Crippen LogP contribution in [0, 0.1) is 0 Å². The van der Waals surface area contributed by atoms with Crippen molar-refractivity contribution in [2.45, 2.75) is 39.7 Å². The van der Waals surface area contributed by atoms with Crippen LogP contribution in [0.25, 0.3) is 0 Å². The molecule has 0 radical (unpaired) electrons. The number of nitrogens with one attached hydrogen (secondary N) is 1. The van der Waals surface area contributed by atoms with Gasteiger partial charge in [-0.3, -0.25) is 0 Å². The van der Waals surface area contributed by atoms with Crippen LogP contribution >= 0.6 is 0 Å². The average Bonchev–Trinajstić information content (AvgIpc) is 3.05. The summed E-state index contributed by atoms with van der Waals surface area (Å²) in [4.78, 5) is 2.43. The number of rotatable bonds is 10. The summed E-state index contributed by atoms with van der Waals surface area (Å²) in [5.41, 5.74) is 2.53. The van der Waals surface area contributed by atoms with E-state index in [2.05, 4.69) is 28.4 Å². The number of nitrogens with zero attached hydrogens (tertiary/aromatic N) is 1. The molecule has 4 nitrogen and oxygen atoms in total. The first-order valence-corrected chi connectivity index (χ1v) is 8.64. The number of hydrogen-bond acceptors (Lipinski definition) is 4. The molecule has 22 heavy (non-hydrogen) atoms. The molecule has 0 amide bonds. The first-order chi connectivity index (χ1) is 10.8. The summed E-state index contributed by atoms with van der Waals surface area (Å²) in [6.45, 7) is 10.6. The highest BCUT2D eigenvalue weighted by Crippen LogP contribution is 2.32. The van der Waals surface area contributed by atoms with Gasteiger partial charge in [-0.05, 0) is 57.4 Å². The molecule has 2 rings (SSSR count). The van der Waals surface area contributed by atoms with Gasteiger partial charge in [0.25, 0.3) is 0 Å². The Morgan fingerprint density at radius 2 is 1.95 bits per heavy atom. The molecule has 124 valence electrons. The molecule has 1 aromatic rings. The van der Waals surface area contributed by atoms with E-state index in [1.807, 2.05) is 13.8 Å². The van der Waals surface area contributed by atoms with Crippen molar-refractivity contribution in [1.29, 1.82) is 0 Å². The Bertz CT molecular complexity index is 431. The molecule has 0 aromatic heterocycles. The van der Waals surface area contributed by atoms with E-state index in [0.29, 0.717) is 6.61 Å². The molecule has 1 heterocycles. The molecule has 1 N–H and O–H groups in total. The molecule has 0 saturated carbocycles. The van der Waals surface area contributed by atoms with E-state index in [9.17, 15) is 0 Å². The van der Waals surface area contributed by atoms with E-state index in [4.69, 9.17) is 9.47 Å². The highest BCUT2D eigenvalue weighted by Gasteiger charge is 2.16. The van der Waals surface area contributed by atoms with Crippen LogP contribution in [0.15, 0.2) is 18.2 Å². The van der Waals surface area contributed by atoms with E-state index in [-0.39, 0.29) is 0 Å². The summed E-state index contributed by atoms with van der Waals surface area (Å²) in [6.07, 6.45) is 3.63. The lowest BCUT2D eigenvalue weighted by Crippen LogP contribution is -2.19. The molecule has 1 aliphatic heterocycles. The molecular formula is C18H30N2O2. The molecule has 0 aliphatic carbocycles. The van der Waals surface area contributed by atoms with Gasteiger partial charge in [0.05, 0.1) is 12.3 Å². The Hall–Kier alpha value is -1.26. The minimum atomic E-state index is 0.714. The maximum Gasteiger partial charge on any atom is 0.142 e. The van der Waals surface area contributed by atoms with E-state index in [0.717, 1.165) is 51.6 Å².